The van der Waals surface area contributed by atoms with Crippen LogP contribution >= 0.6 is 11.6 Å². The smallest absolute Gasteiger partial charge is 0.229 e. The first-order valence-corrected chi connectivity index (χ1v) is 10.0. The number of benzene rings is 2. The number of halogens is 1. The largest absolute Gasteiger partial charge is 0.353 e. The van der Waals surface area contributed by atoms with Gasteiger partial charge in [0.05, 0.1) is 28.7 Å². The van der Waals surface area contributed by atoms with Gasteiger partial charge in [0.15, 0.2) is 6.29 Å². The lowest BCUT2D eigenvalue weighted by Gasteiger charge is -2.43. The molecule has 4 atom stereocenters. The van der Waals surface area contributed by atoms with E-state index >= 15 is 0 Å². The van der Waals surface area contributed by atoms with Crippen molar-refractivity contribution in [2.45, 2.75) is 25.8 Å². The first-order valence-electron chi connectivity index (χ1n) is 9.65. The summed E-state index contributed by atoms with van der Waals surface area (Å²) in [6.07, 6.45) is -1.35. The normalized spacial score (nSPS) is 25.5. The Balaban J connectivity index is 1.49. The third kappa shape index (κ3) is 4.24. The Morgan fingerprint density at radius 2 is 1.80 bits per heavy atom. The van der Waals surface area contributed by atoms with Crippen LogP contribution in [0.15, 0.2) is 48.5 Å². The fourth-order valence-corrected chi connectivity index (χ4v) is 3.94. The number of anilines is 2. The number of piperidine rings is 1. The monoisotopic (exact) mass is 427 g/mol. The Morgan fingerprint density at radius 3 is 2.53 bits per heavy atom. The number of carbonyl (C=O) groups excluding carboxylic acids is 3. The van der Waals surface area contributed by atoms with Gasteiger partial charge < -0.3 is 21.3 Å². The molecular weight excluding hydrogens is 406 g/mol. The van der Waals surface area contributed by atoms with Crippen molar-refractivity contribution in [2.75, 3.05) is 10.6 Å². The summed E-state index contributed by atoms with van der Waals surface area (Å²) in [5.41, 5.74) is 2.37. The van der Waals surface area contributed by atoms with Crippen molar-refractivity contribution in [2.24, 2.45) is 11.8 Å². The summed E-state index contributed by atoms with van der Waals surface area (Å²) < 4.78 is 0. The summed E-state index contributed by atoms with van der Waals surface area (Å²) in [4.78, 5) is 38.0. The van der Waals surface area contributed by atoms with Gasteiger partial charge in [-0.1, -0.05) is 41.4 Å². The van der Waals surface area contributed by atoms with E-state index in [9.17, 15) is 14.4 Å². The maximum atomic E-state index is 12.9. The van der Waals surface area contributed by atoms with E-state index in [1.807, 2.05) is 31.2 Å². The van der Waals surface area contributed by atoms with Crippen molar-refractivity contribution < 1.29 is 14.4 Å². The van der Waals surface area contributed by atoms with Crippen LogP contribution < -0.4 is 26.6 Å². The van der Waals surface area contributed by atoms with E-state index in [0.29, 0.717) is 10.7 Å². The van der Waals surface area contributed by atoms with Gasteiger partial charge in [-0.05, 0) is 31.2 Å². The highest BCUT2D eigenvalue weighted by molar-refractivity contribution is 6.33. The minimum absolute atomic E-state index is 0.0807. The number of carbonyl (C=O) groups is 3. The molecule has 0 saturated carbocycles. The van der Waals surface area contributed by atoms with Gasteiger partial charge in [-0.3, -0.25) is 19.7 Å². The van der Waals surface area contributed by atoms with Crippen molar-refractivity contribution in [3.05, 3.63) is 59.1 Å². The SMILES string of the molecule is Cc1ccc(NC2NC(=O)C3C(NC(=O)CC3C(=O)Nc3ccccc3Cl)N2)cc1. The summed E-state index contributed by atoms with van der Waals surface area (Å²) in [6, 6.07) is 14.5. The van der Waals surface area contributed by atoms with Gasteiger partial charge in [-0.25, -0.2) is 0 Å². The molecule has 156 valence electrons. The molecule has 2 aromatic rings. The average molecular weight is 428 g/mol. The first kappa shape index (κ1) is 20.2. The predicted molar refractivity (Wildman–Crippen MR) is 113 cm³/mol. The molecular formula is C21H22ClN5O3. The molecule has 2 heterocycles. The molecule has 8 nitrogen and oxygen atoms in total. The van der Waals surface area contributed by atoms with E-state index in [0.717, 1.165) is 11.3 Å². The van der Waals surface area contributed by atoms with Crippen LogP contribution in [0, 0.1) is 18.8 Å². The van der Waals surface area contributed by atoms with E-state index in [4.69, 9.17) is 11.6 Å². The summed E-state index contributed by atoms with van der Waals surface area (Å²) in [6.45, 7) is 1.99. The Kier molecular flexibility index (Phi) is 5.61. The fourth-order valence-electron chi connectivity index (χ4n) is 3.76. The zero-order valence-electron chi connectivity index (χ0n) is 16.2. The quantitative estimate of drug-likeness (QED) is 0.510. The molecule has 2 aliphatic rings. The summed E-state index contributed by atoms with van der Waals surface area (Å²) in [5, 5.41) is 15.1. The summed E-state index contributed by atoms with van der Waals surface area (Å²) in [7, 11) is 0. The fraction of sp³-hybridized carbons (Fsp3) is 0.286. The van der Waals surface area contributed by atoms with Gasteiger partial charge in [0.2, 0.25) is 17.7 Å². The topological polar surface area (TPSA) is 111 Å². The van der Waals surface area contributed by atoms with Crippen LogP contribution in [0.1, 0.15) is 12.0 Å². The molecule has 4 rings (SSSR count). The Labute approximate surface area is 178 Å². The van der Waals surface area contributed by atoms with Crippen LogP contribution in [0.25, 0.3) is 0 Å². The molecule has 30 heavy (non-hydrogen) atoms. The third-order valence-corrected chi connectivity index (χ3v) is 5.61. The Bertz CT molecular complexity index is 981. The van der Waals surface area contributed by atoms with Crippen molar-refractivity contribution >= 4 is 40.7 Å². The Hall–Kier alpha value is -3.10. The zero-order chi connectivity index (χ0) is 21.3. The van der Waals surface area contributed by atoms with E-state index in [2.05, 4.69) is 26.6 Å². The lowest BCUT2D eigenvalue weighted by molar-refractivity contribution is -0.144. The molecule has 3 amide bonds. The summed E-state index contributed by atoms with van der Waals surface area (Å²) >= 11 is 6.11. The standard InChI is InChI=1S/C21H22ClN5O3/c1-11-6-8-12(9-7-11)23-21-26-18-17(20(30)27-21)13(10-16(28)25-18)19(29)24-15-5-3-2-4-14(15)22/h2-9,13,17-18,21,23,26H,10H2,1H3,(H,24,29)(H,25,28)(H,27,30). The number of rotatable bonds is 4. The second-order valence-corrected chi connectivity index (χ2v) is 7.88. The first-order chi connectivity index (χ1) is 14.4. The highest BCUT2D eigenvalue weighted by Gasteiger charge is 2.48. The average Bonchev–Trinajstić information content (AvgIpc) is 2.70. The minimum atomic E-state index is -0.826. The number of hydrogen-bond donors (Lipinski definition) is 5. The van der Waals surface area contributed by atoms with Crippen LogP contribution in [0.4, 0.5) is 11.4 Å². The highest BCUT2D eigenvalue weighted by atomic mass is 35.5. The second-order valence-electron chi connectivity index (χ2n) is 7.47. The predicted octanol–water partition coefficient (Wildman–Crippen LogP) is 1.78. The molecule has 0 radical (unpaired) electrons. The molecule has 0 aliphatic carbocycles. The lowest BCUT2D eigenvalue weighted by atomic mass is 9.81. The maximum absolute atomic E-state index is 12.9. The molecule has 0 spiro atoms. The number of aryl methyl sites for hydroxylation is 1. The van der Waals surface area contributed by atoms with Crippen molar-refractivity contribution in [3.8, 4) is 0 Å². The molecule has 2 aliphatic heterocycles. The molecule has 4 unspecified atom stereocenters. The van der Waals surface area contributed by atoms with Gasteiger partial charge >= 0.3 is 0 Å². The van der Waals surface area contributed by atoms with Gasteiger partial charge in [-0.15, -0.1) is 0 Å². The number of para-hydroxylation sites is 1. The number of amides is 3. The molecule has 0 aromatic heterocycles. The van der Waals surface area contributed by atoms with Crippen molar-refractivity contribution in [1.82, 2.24) is 16.0 Å². The van der Waals surface area contributed by atoms with Gasteiger partial charge in [0.1, 0.15) is 0 Å². The third-order valence-electron chi connectivity index (χ3n) is 5.28. The zero-order valence-corrected chi connectivity index (χ0v) is 17.0. The number of fused-ring (bicyclic) bond motifs is 1. The molecule has 0 bridgehead atoms. The van der Waals surface area contributed by atoms with Crippen LogP contribution in [-0.2, 0) is 14.4 Å². The van der Waals surface area contributed by atoms with E-state index in [-0.39, 0.29) is 18.2 Å². The van der Waals surface area contributed by atoms with Crippen LogP contribution in [0.5, 0.6) is 0 Å². The highest BCUT2D eigenvalue weighted by Crippen LogP contribution is 2.29. The molecule has 2 saturated heterocycles. The second kappa shape index (κ2) is 8.33. The van der Waals surface area contributed by atoms with Gasteiger partial charge in [0.25, 0.3) is 0 Å². The van der Waals surface area contributed by atoms with Crippen LogP contribution in [0.3, 0.4) is 0 Å². The van der Waals surface area contributed by atoms with Crippen molar-refractivity contribution in [1.29, 1.82) is 0 Å². The van der Waals surface area contributed by atoms with E-state index < -0.39 is 30.2 Å². The molecule has 2 aromatic carbocycles. The van der Waals surface area contributed by atoms with Crippen LogP contribution in [-0.4, -0.2) is 30.2 Å². The number of hydrogen-bond acceptors (Lipinski definition) is 5. The van der Waals surface area contributed by atoms with Gasteiger partial charge in [0, 0.05) is 12.1 Å². The van der Waals surface area contributed by atoms with Crippen molar-refractivity contribution in [3.63, 3.8) is 0 Å². The van der Waals surface area contributed by atoms with E-state index in [1.165, 1.54) is 0 Å². The molecule has 2 fully saturated rings. The maximum Gasteiger partial charge on any atom is 0.229 e. The number of nitrogens with one attached hydrogen (secondary N) is 5. The van der Waals surface area contributed by atoms with E-state index in [1.54, 1.807) is 24.3 Å². The Morgan fingerprint density at radius 1 is 1.07 bits per heavy atom. The summed E-state index contributed by atoms with van der Waals surface area (Å²) in [5.74, 6) is -2.61. The molecule has 5 N–H and O–H groups in total. The van der Waals surface area contributed by atoms with Crippen LogP contribution in [0.2, 0.25) is 5.02 Å². The van der Waals surface area contributed by atoms with Gasteiger partial charge in [-0.2, -0.15) is 0 Å². The minimum Gasteiger partial charge on any atom is -0.353 e. The molecule has 9 heteroatoms. The lowest BCUT2D eigenvalue weighted by Crippen LogP contribution is -2.72.